The van der Waals surface area contributed by atoms with E-state index in [4.69, 9.17) is 0 Å². The highest BCUT2D eigenvalue weighted by Gasteiger charge is 2.18. The number of unbranched alkanes of at least 4 members (excludes halogenated alkanes) is 3. The Balaban J connectivity index is 2.54. The van der Waals surface area contributed by atoms with Crippen molar-refractivity contribution in [3.63, 3.8) is 0 Å². The summed E-state index contributed by atoms with van der Waals surface area (Å²) >= 11 is 0. The van der Waals surface area contributed by atoms with Gasteiger partial charge in [-0.1, -0.05) is 12.5 Å². The number of allylic oxidation sites excluding steroid dienone is 1. The molecule has 0 saturated carbocycles. The Morgan fingerprint density at radius 2 is 1.61 bits per heavy atom. The summed E-state index contributed by atoms with van der Waals surface area (Å²) in [5.74, 6) is -5.58. The van der Waals surface area contributed by atoms with Crippen LogP contribution in [0.2, 0.25) is 0 Å². The minimum atomic E-state index is -1.40. The highest BCUT2D eigenvalue weighted by Crippen LogP contribution is 2.24. The summed E-state index contributed by atoms with van der Waals surface area (Å²) in [6.45, 7) is 3.83. The second-order valence-electron chi connectivity index (χ2n) is 3.91. The SMILES string of the molecule is C=CCCCCCNc1c(F)c(F)cc(F)c1F. The number of rotatable bonds is 7. The molecule has 0 atom stereocenters. The fourth-order valence-corrected chi connectivity index (χ4v) is 1.53. The first-order valence-corrected chi connectivity index (χ1v) is 5.75. The Morgan fingerprint density at radius 3 is 2.17 bits per heavy atom. The summed E-state index contributed by atoms with van der Waals surface area (Å²) in [6.07, 6.45) is 5.09. The van der Waals surface area contributed by atoms with Crippen LogP contribution in [0.3, 0.4) is 0 Å². The Morgan fingerprint density at radius 1 is 1.00 bits per heavy atom. The normalized spacial score (nSPS) is 10.4. The van der Waals surface area contributed by atoms with Crippen LogP contribution in [-0.2, 0) is 0 Å². The molecule has 0 amide bonds. The minimum Gasteiger partial charge on any atom is -0.380 e. The van der Waals surface area contributed by atoms with E-state index in [-0.39, 0.29) is 12.6 Å². The van der Waals surface area contributed by atoms with Crippen molar-refractivity contribution in [2.45, 2.75) is 25.7 Å². The molecular formula is C13H15F4N. The van der Waals surface area contributed by atoms with E-state index in [1.54, 1.807) is 6.08 Å². The lowest BCUT2D eigenvalue weighted by atomic mass is 10.2. The molecule has 0 heterocycles. The van der Waals surface area contributed by atoms with Crippen LogP contribution in [-0.4, -0.2) is 6.54 Å². The molecule has 0 aliphatic carbocycles. The summed E-state index contributed by atoms with van der Waals surface area (Å²) in [6, 6.07) is 0.194. The number of benzene rings is 1. The predicted octanol–water partition coefficient (Wildman–Crippen LogP) is 4.40. The molecule has 1 rings (SSSR count). The molecule has 5 heteroatoms. The van der Waals surface area contributed by atoms with Crippen molar-refractivity contribution in [3.8, 4) is 0 Å². The van der Waals surface area contributed by atoms with Crippen LogP contribution in [0.1, 0.15) is 25.7 Å². The second-order valence-corrected chi connectivity index (χ2v) is 3.91. The van der Waals surface area contributed by atoms with E-state index in [9.17, 15) is 17.6 Å². The number of anilines is 1. The average Bonchev–Trinajstić information content (AvgIpc) is 2.35. The fourth-order valence-electron chi connectivity index (χ4n) is 1.53. The van der Waals surface area contributed by atoms with Crippen LogP contribution in [0.25, 0.3) is 0 Å². The first-order valence-electron chi connectivity index (χ1n) is 5.75. The molecule has 1 N–H and O–H groups in total. The molecule has 1 nitrogen and oxygen atoms in total. The maximum atomic E-state index is 13.2. The van der Waals surface area contributed by atoms with Crippen molar-refractivity contribution in [2.24, 2.45) is 0 Å². The standard InChI is InChI=1S/C13H15F4N/c1-2-3-4-5-6-7-18-13-11(16)9(14)8-10(15)12(13)17/h2,8,18H,1,3-7H2. The van der Waals surface area contributed by atoms with Crippen LogP contribution in [0.4, 0.5) is 23.2 Å². The number of halogens is 4. The van der Waals surface area contributed by atoms with Crippen LogP contribution >= 0.6 is 0 Å². The van der Waals surface area contributed by atoms with Crippen molar-refractivity contribution in [2.75, 3.05) is 11.9 Å². The lowest BCUT2D eigenvalue weighted by Crippen LogP contribution is -2.08. The molecule has 0 aromatic heterocycles. The Kier molecular flexibility index (Phi) is 5.68. The Hall–Kier alpha value is -1.52. The third-order valence-electron chi connectivity index (χ3n) is 2.50. The molecule has 0 unspecified atom stereocenters. The first kappa shape index (κ1) is 14.5. The van der Waals surface area contributed by atoms with Crippen LogP contribution in [0.15, 0.2) is 18.7 Å². The van der Waals surface area contributed by atoms with Gasteiger partial charge in [-0.15, -0.1) is 6.58 Å². The maximum absolute atomic E-state index is 13.2. The predicted molar refractivity (Wildman–Crippen MR) is 63.4 cm³/mol. The molecule has 0 aliphatic rings. The van der Waals surface area contributed by atoms with Gasteiger partial charge in [0.15, 0.2) is 23.3 Å². The van der Waals surface area contributed by atoms with Gasteiger partial charge in [0.05, 0.1) is 0 Å². The van der Waals surface area contributed by atoms with Gasteiger partial charge >= 0.3 is 0 Å². The first-order chi connectivity index (χ1) is 8.57. The van der Waals surface area contributed by atoms with Gasteiger partial charge in [-0.25, -0.2) is 17.6 Å². The smallest absolute Gasteiger partial charge is 0.185 e. The fraction of sp³-hybridized carbons (Fsp3) is 0.385. The second kappa shape index (κ2) is 7.03. The zero-order chi connectivity index (χ0) is 13.5. The third-order valence-corrected chi connectivity index (χ3v) is 2.50. The van der Waals surface area contributed by atoms with E-state index in [1.807, 2.05) is 0 Å². The summed E-state index contributed by atoms with van der Waals surface area (Å²) < 4.78 is 52.2. The van der Waals surface area contributed by atoms with Crippen molar-refractivity contribution in [1.82, 2.24) is 0 Å². The van der Waals surface area contributed by atoms with Gasteiger partial charge < -0.3 is 5.32 Å². The average molecular weight is 261 g/mol. The number of hydrogen-bond acceptors (Lipinski definition) is 1. The van der Waals surface area contributed by atoms with Gasteiger partial charge in [0.25, 0.3) is 0 Å². The number of nitrogens with one attached hydrogen (secondary N) is 1. The maximum Gasteiger partial charge on any atom is 0.185 e. The highest BCUT2D eigenvalue weighted by molar-refractivity contribution is 5.47. The van der Waals surface area contributed by atoms with E-state index in [2.05, 4.69) is 11.9 Å². The number of hydrogen-bond donors (Lipinski definition) is 1. The lowest BCUT2D eigenvalue weighted by molar-refractivity contribution is 0.458. The third kappa shape index (κ3) is 3.75. The summed E-state index contributed by atoms with van der Waals surface area (Å²) in [5, 5.41) is 2.38. The van der Waals surface area contributed by atoms with Crippen LogP contribution < -0.4 is 5.32 Å². The van der Waals surface area contributed by atoms with Gasteiger partial charge in [0.2, 0.25) is 0 Å². The van der Waals surface area contributed by atoms with Gasteiger partial charge in [0.1, 0.15) is 5.69 Å². The van der Waals surface area contributed by atoms with Gasteiger partial charge in [-0.2, -0.15) is 0 Å². The van der Waals surface area contributed by atoms with Gasteiger partial charge in [-0.05, 0) is 19.3 Å². The summed E-state index contributed by atoms with van der Waals surface area (Å²) in [5.41, 5.74) is -0.740. The largest absolute Gasteiger partial charge is 0.380 e. The molecule has 18 heavy (non-hydrogen) atoms. The molecule has 0 bridgehead atoms. The Bertz CT molecular complexity index is 392. The van der Waals surface area contributed by atoms with E-state index in [0.717, 1.165) is 19.3 Å². The quantitative estimate of drug-likeness (QED) is 0.332. The van der Waals surface area contributed by atoms with E-state index < -0.39 is 29.0 Å². The van der Waals surface area contributed by atoms with Gasteiger partial charge in [-0.3, -0.25) is 0 Å². The topological polar surface area (TPSA) is 12.0 Å². The molecule has 0 saturated heterocycles. The van der Waals surface area contributed by atoms with E-state index in [1.165, 1.54) is 0 Å². The highest BCUT2D eigenvalue weighted by atomic mass is 19.2. The van der Waals surface area contributed by atoms with Crippen LogP contribution in [0, 0.1) is 23.3 Å². The molecular weight excluding hydrogens is 246 g/mol. The summed E-state index contributed by atoms with van der Waals surface area (Å²) in [4.78, 5) is 0. The van der Waals surface area contributed by atoms with Crippen molar-refractivity contribution in [1.29, 1.82) is 0 Å². The zero-order valence-electron chi connectivity index (χ0n) is 9.91. The zero-order valence-corrected chi connectivity index (χ0v) is 9.91. The molecule has 0 spiro atoms. The monoisotopic (exact) mass is 261 g/mol. The molecule has 0 radical (unpaired) electrons. The lowest BCUT2D eigenvalue weighted by Gasteiger charge is -2.09. The Labute approximate surface area is 104 Å². The molecule has 0 fully saturated rings. The van der Waals surface area contributed by atoms with Crippen molar-refractivity contribution < 1.29 is 17.6 Å². The van der Waals surface area contributed by atoms with Crippen molar-refractivity contribution in [3.05, 3.63) is 42.0 Å². The minimum absolute atomic E-state index is 0.194. The van der Waals surface area contributed by atoms with Crippen molar-refractivity contribution >= 4 is 5.69 Å². The molecule has 100 valence electrons. The molecule has 1 aromatic rings. The molecule has 1 aromatic carbocycles. The van der Waals surface area contributed by atoms with E-state index >= 15 is 0 Å². The summed E-state index contributed by atoms with van der Waals surface area (Å²) in [7, 11) is 0. The van der Waals surface area contributed by atoms with Crippen LogP contribution in [0.5, 0.6) is 0 Å². The van der Waals surface area contributed by atoms with Gasteiger partial charge in [0, 0.05) is 12.6 Å². The molecule has 0 aliphatic heterocycles. The van der Waals surface area contributed by atoms with E-state index in [0.29, 0.717) is 6.42 Å².